The van der Waals surface area contributed by atoms with Crippen LogP contribution in [0.1, 0.15) is 31.4 Å². The van der Waals surface area contributed by atoms with Crippen LogP contribution in [0.15, 0.2) is 77.7 Å². The van der Waals surface area contributed by atoms with Crippen molar-refractivity contribution in [2.75, 3.05) is 31.0 Å². The molecule has 0 aromatic heterocycles. The number of hydrogen-bond donors (Lipinski definition) is 1. The molecule has 0 saturated heterocycles. The van der Waals surface area contributed by atoms with E-state index in [1.807, 2.05) is 30.3 Å². The van der Waals surface area contributed by atoms with E-state index in [2.05, 4.69) is 5.32 Å². The molecule has 11 nitrogen and oxygen atoms in total. The van der Waals surface area contributed by atoms with E-state index >= 15 is 0 Å². The summed E-state index contributed by atoms with van der Waals surface area (Å²) in [5.41, 5.74) is 1.05. The molecule has 3 aromatic carbocycles. The Hall–Kier alpha value is -4.45. The van der Waals surface area contributed by atoms with Gasteiger partial charge in [-0.1, -0.05) is 43.3 Å². The maximum atomic E-state index is 14.0. The van der Waals surface area contributed by atoms with E-state index in [1.54, 1.807) is 26.0 Å². The third-order valence-corrected chi connectivity index (χ3v) is 8.60. The number of anilines is 1. The van der Waals surface area contributed by atoms with E-state index in [9.17, 15) is 28.1 Å². The van der Waals surface area contributed by atoms with Crippen LogP contribution in [0.25, 0.3) is 0 Å². The Bertz CT molecular complexity index is 1500. The van der Waals surface area contributed by atoms with Crippen LogP contribution in [0.2, 0.25) is 0 Å². The second kappa shape index (κ2) is 14.4. The van der Waals surface area contributed by atoms with Gasteiger partial charge in [0.15, 0.2) is 0 Å². The summed E-state index contributed by atoms with van der Waals surface area (Å²) in [6, 6.07) is 18.3. The van der Waals surface area contributed by atoms with Crippen LogP contribution in [0.5, 0.6) is 5.75 Å². The second-order valence-electron chi connectivity index (χ2n) is 9.56. The highest BCUT2D eigenvalue weighted by molar-refractivity contribution is 7.92. The number of nitro benzene ring substituents is 1. The van der Waals surface area contributed by atoms with E-state index in [0.29, 0.717) is 30.7 Å². The van der Waals surface area contributed by atoms with Crippen molar-refractivity contribution >= 4 is 33.2 Å². The first-order chi connectivity index (χ1) is 20.0. The van der Waals surface area contributed by atoms with E-state index in [-0.39, 0.29) is 28.7 Å². The minimum absolute atomic E-state index is 0.154. The number of benzene rings is 3. The lowest BCUT2D eigenvalue weighted by Gasteiger charge is -2.33. The molecule has 0 aliphatic heterocycles. The summed E-state index contributed by atoms with van der Waals surface area (Å²) in [5, 5.41) is 14.3. The number of methoxy groups -OCH3 is 1. The van der Waals surface area contributed by atoms with Crippen LogP contribution in [0.4, 0.5) is 11.4 Å². The smallest absolute Gasteiger partial charge is 0.273 e. The molecule has 0 radical (unpaired) electrons. The molecule has 3 rings (SSSR count). The Kier molecular flexibility index (Phi) is 11.0. The molecule has 1 atom stereocenters. The molecular formula is C30H36N4O7S. The van der Waals surface area contributed by atoms with Gasteiger partial charge in [0.2, 0.25) is 11.8 Å². The van der Waals surface area contributed by atoms with Gasteiger partial charge in [-0.25, -0.2) is 8.42 Å². The van der Waals surface area contributed by atoms with E-state index in [0.717, 1.165) is 15.9 Å². The topological polar surface area (TPSA) is 139 Å². The Morgan fingerprint density at radius 1 is 1.02 bits per heavy atom. The van der Waals surface area contributed by atoms with Gasteiger partial charge in [-0.2, -0.15) is 0 Å². The van der Waals surface area contributed by atoms with Gasteiger partial charge in [-0.15, -0.1) is 0 Å². The fourth-order valence-electron chi connectivity index (χ4n) is 4.54. The first-order valence-electron chi connectivity index (χ1n) is 13.6. The summed E-state index contributed by atoms with van der Waals surface area (Å²) in [7, 11) is -3.00. The fourth-order valence-corrected chi connectivity index (χ4v) is 5.97. The van der Waals surface area contributed by atoms with Gasteiger partial charge in [0.25, 0.3) is 15.7 Å². The number of carbonyl (C=O) groups is 2. The average Bonchev–Trinajstić information content (AvgIpc) is 2.98. The van der Waals surface area contributed by atoms with Crippen molar-refractivity contribution in [3.63, 3.8) is 0 Å². The van der Waals surface area contributed by atoms with Crippen LogP contribution >= 0.6 is 0 Å². The zero-order valence-electron chi connectivity index (χ0n) is 24.1. The van der Waals surface area contributed by atoms with Gasteiger partial charge in [0, 0.05) is 24.7 Å². The van der Waals surface area contributed by atoms with Crippen LogP contribution in [-0.4, -0.2) is 62.8 Å². The highest BCUT2D eigenvalue weighted by Gasteiger charge is 2.34. The zero-order chi connectivity index (χ0) is 30.9. The molecule has 0 bridgehead atoms. The Morgan fingerprint density at radius 2 is 1.69 bits per heavy atom. The van der Waals surface area contributed by atoms with Crippen molar-refractivity contribution in [3.05, 3.63) is 94.0 Å². The fraction of sp³-hybridized carbons (Fsp3) is 0.333. The van der Waals surface area contributed by atoms with Gasteiger partial charge in [-0.05, 0) is 62.6 Å². The molecular weight excluding hydrogens is 560 g/mol. The lowest BCUT2D eigenvalue weighted by atomic mass is 10.1. The summed E-state index contributed by atoms with van der Waals surface area (Å²) >= 11 is 0. The monoisotopic (exact) mass is 596 g/mol. The first-order valence-corrected chi connectivity index (χ1v) is 15.0. The lowest BCUT2D eigenvalue weighted by molar-refractivity contribution is -0.385. The van der Waals surface area contributed by atoms with Gasteiger partial charge in [0.05, 0.1) is 22.6 Å². The number of rotatable bonds is 14. The number of sulfonamides is 1. The number of ether oxygens (including phenoxy) is 1. The average molecular weight is 597 g/mol. The number of hydrogen-bond acceptors (Lipinski definition) is 7. The number of nitrogens with one attached hydrogen (secondary N) is 1. The molecule has 0 fully saturated rings. The van der Waals surface area contributed by atoms with Crippen molar-refractivity contribution in [3.8, 4) is 5.75 Å². The number of carbonyl (C=O) groups excluding carboxylic acids is 2. The van der Waals surface area contributed by atoms with Crippen LogP contribution in [0.3, 0.4) is 0 Å². The molecule has 3 aromatic rings. The SMILES string of the molecule is CCNC(=O)[C@H](CC)N(CCc1ccccc1)C(=O)CN(c1ccc(OC)cc1)S(=O)(=O)c1ccc(C)c([N+](=O)[O-])c1. The Morgan fingerprint density at radius 3 is 2.26 bits per heavy atom. The highest BCUT2D eigenvalue weighted by Crippen LogP contribution is 2.29. The lowest BCUT2D eigenvalue weighted by Crippen LogP contribution is -2.53. The third kappa shape index (κ3) is 7.64. The molecule has 0 unspecified atom stereocenters. The van der Waals surface area contributed by atoms with E-state index in [1.165, 1.54) is 43.2 Å². The number of nitro groups is 1. The second-order valence-corrected chi connectivity index (χ2v) is 11.4. The summed E-state index contributed by atoms with van der Waals surface area (Å²) < 4.78 is 34.1. The normalized spacial score (nSPS) is 11.8. The van der Waals surface area contributed by atoms with Gasteiger partial charge < -0.3 is 15.0 Å². The first kappa shape index (κ1) is 32.1. The van der Waals surface area contributed by atoms with Crippen molar-refractivity contribution < 1.29 is 27.7 Å². The number of amides is 2. The minimum Gasteiger partial charge on any atom is -0.497 e. The van der Waals surface area contributed by atoms with Crippen molar-refractivity contribution in [1.82, 2.24) is 10.2 Å². The zero-order valence-corrected chi connectivity index (χ0v) is 25.0. The summed E-state index contributed by atoms with van der Waals surface area (Å²) in [4.78, 5) is 39.0. The van der Waals surface area contributed by atoms with Gasteiger partial charge >= 0.3 is 0 Å². The number of nitrogens with zero attached hydrogens (tertiary/aromatic N) is 3. The molecule has 0 heterocycles. The minimum atomic E-state index is -4.47. The van der Waals surface area contributed by atoms with Crippen LogP contribution < -0.4 is 14.4 Å². The summed E-state index contributed by atoms with van der Waals surface area (Å²) in [6.45, 7) is 4.97. The predicted molar refractivity (Wildman–Crippen MR) is 160 cm³/mol. The summed E-state index contributed by atoms with van der Waals surface area (Å²) in [5.74, 6) is -0.459. The molecule has 224 valence electrons. The maximum Gasteiger partial charge on any atom is 0.273 e. The quantitative estimate of drug-likeness (QED) is 0.218. The summed E-state index contributed by atoms with van der Waals surface area (Å²) in [6.07, 6.45) is 0.758. The largest absolute Gasteiger partial charge is 0.497 e. The molecule has 1 N–H and O–H groups in total. The van der Waals surface area contributed by atoms with Crippen molar-refractivity contribution in [2.45, 2.75) is 44.6 Å². The molecule has 0 aliphatic rings. The van der Waals surface area contributed by atoms with E-state index in [4.69, 9.17) is 4.74 Å². The standard InChI is InChI=1S/C30H36N4O7S/c1-5-27(30(36)31-6-2)32(19-18-23-10-8-7-9-11-23)29(35)21-33(24-13-15-25(41-4)16-14-24)42(39,40)26-17-12-22(3)28(20-26)34(37)38/h7-17,20,27H,5-6,18-19,21H2,1-4H3,(H,31,36)/t27-/m0/s1. The van der Waals surface area contributed by atoms with Gasteiger partial charge in [-0.3, -0.25) is 24.0 Å². The van der Waals surface area contributed by atoms with Crippen molar-refractivity contribution in [2.24, 2.45) is 0 Å². The molecule has 0 spiro atoms. The molecule has 2 amide bonds. The van der Waals surface area contributed by atoms with Crippen molar-refractivity contribution in [1.29, 1.82) is 0 Å². The molecule has 0 saturated carbocycles. The molecule has 0 aliphatic carbocycles. The third-order valence-electron chi connectivity index (χ3n) is 6.83. The number of aryl methyl sites for hydroxylation is 1. The molecule has 42 heavy (non-hydrogen) atoms. The predicted octanol–water partition coefficient (Wildman–Crippen LogP) is 4.09. The van der Waals surface area contributed by atoms with E-state index < -0.39 is 33.4 Å². The molecule has 12 heteroatoms. The van der Waals surface area contributed by atoms with Crippen LogP contribution in [-0.2, 0) is 26.0 Å². The van der Waals surface area contributed by atoms with Gasteiger partial charge in [0.1, 0.15) is 18.3 Å². The Balaban J connectivity index is 2.07. The maximum absolute atomic E-state index is 14.0. The highest BCUT2D eigenvalue weighted by atomic mass is 32.2. The Labute approximate surface area is 246 Å². The number of likely N-dealkylation sites (N-methyl/N-ethyl adjacent to an activating group) is 1. The van der Waals surface area contributed by atoms with Crippen LogP contribution in [0, 0.1) is 17.0 Å².